The topological polar surface area (TPSA) is 128 Å². The van der Waals surface area contributed by atoms with Gasteiger partial charge in [0.15, 0.2) is 5.82 Å². The van der Waals surface area contributed by atoms with Crippen LogP contribution in [0.15, 0.2) is 55.1 Å². The molecule has 4 aromatic heterocycles. The van der Waals surface area contributed by atoms with Gasteiger partial charge in [0.1, 0.15) is 11.8 Å². The van der Waals surface area contributed by atoms with E-state index in [1.165, 1.54) is 6.20 Å². The summed E-state index contributed by atoms with van der Waals surface area (Å²) in [6.07, 6.45) is 5.85. The summed E-state index contributed by atoms with van der Waals surface area (Å²) < 4.78 is 27.1. The van der Waals surface area contributed by atoms with Crippen LogP contribution in [0.5, 0.6) is 0 Å². The minimum Gasteiger partial charge on any atom is -0.373 e. The first kappa shape index (κ1) is 23.1. The van der Waals surface area contributed by atoms with E-state index in [-0.39, 0.29) is 11.3 Å². The van der Waals surface area contributed by atoms with Crippen LogP contribution in [0.25, 0.3) is 10.9 Å². The Hall–Kier alpha value is -4.69. The molecule has 0 saturated carbocycles. The zero-order valence-corrected chi connectivity index (χ0v) is 19.3. The van der Waals surface area contributed by atoms with Crippen molar-refractivity contribution >= 4 is 39.6 Å². The number of fused-ring (bicyclic) bond motifs is 1. The molecule has 9 nitrogen and oxygen atoms in total. The summed E-state index contributed by atoms with van der Waals surface area (Å²) in [6.45, 7) is 1.89. The van der Waals surface area contributed by atoms with Crippen molar-refractivity contribution in [1.82, 2.24) is 30.4 Å². The Morgan fingerprint density at radius 1 is 1.11 bits per heavy atom. The summed E-state index contributed by atoms with van der Waals surface area (Å²) in [6, 6.07) is 9.79. The number of halogens is 3. The van der Waals surface area contributed by atoms with Crippen molar-refractivity contribution in [3.63, 3.8) is 0 Å². The molecule has 0 aliphatic carbocycles. The van der Waals surface area contributed by atoms with Crippen LogP contribution in [0.4, 0.5) is 25.8 Å². The van der Waals surface area contributed by atoms with Crippen molar-refractivity contribution in [2.24, 2.45) is 0 Å². The van der Waals surface area contributed by atoms with Crippen LogP contribution in [-0.2, 0) is 0 Å². The quantitative estimate of drug-likeness (QED) is 0.270. The molecule has 5 rings (SSSR count). The Morgan fingerprint density at radius 3 is 2.69 bits per heavy atom. The molecule has 12 heteroatoms. The SMILES string of the molecule is Cc1ncccc1[C@H](Nc1cc(Cl)c2ncc(C#N)c(Nc3cnc(F)c(F)c3)c2c1)c1c[nH]nn1. The van der Waals surface area contributed by atoms with Gasteiger partial charge in [-0.3, -0.25) is 15.1 Å². The smallest absolute Gasteiger partial charge is 0.249 e. The average Bonchev–Trinajstić information content (AvgIpc) is 3.40. The highest BCUT2D eigenvalue weighted by Crippen LogP contribution is 2.36. The Labute approximate surface area is 208 Å². The van der Waals surface area contributed by atoms with Crippen LogP contribution < -0.4 is 10.6 Å². The number of anilines is 3. The monoisotopic (exact) mass is 503 g/mol. The number of hydrogen-bond donors (Lipinski definition) is 3. The number of aryl methyl sites for hydroxylation is 1. The third-order valence-corrected chi connectivity index (χ3v) is 5.80. The molecule has 0 fully saturated rings. The number of pyridine rings is 3. The largest absolute Gasteiger partial charge is 0.373 e. The summed E-state index contributed by atoms with van der Waals surface area (Å²) in [5.74, 6) is -2.35. The number of hydrogen-bond acceptors (Lipinski definition) is 8. The second kappa shape index (κ2) is 9.52. The molecule has 0 bridgehead atoms. The highest BCUT2D eigenvalue weighted by atomic mass is 35.5. The molecule has 0 aliphatic rings. The van der Waals surface area contributed by atoms with Crippen LogP contribution >= 0.6 is 11.6 Å². The summed E-state index contributed by atoms with van der Waals surface area (Å²) >= 11 is 6.58. The van der Waals surface area contributed by atoms with E-state index < -0.39 is 17.8 Å². The van der Waals surface area contributed by atoms with Gasteiger partial charge in [-0.1, -0.05) is 22.9 Å². The minimum absolute atomic E-state index is 0.152. The van der Waals surface area contributed by atoms with Gasteiger partial charge in [0.05, 0.1) is 39.7 Å². The molecule has 0 aliphatic heterocycles. The van der Waals surface area contributed by atoms with E-state index in [1.54, 1.807) is 24.5 Å². The average molecular weight is 504 g/mol. The van der Waals surface area contributed by atoms with Crippen LogP contribution in [0.1, 0.15) is 28.6 Å². The highest BCUT2D eigenvalue weighted by Gasteiger charge is 2.21. The standard InChI is InChI=1S/C24H16ClF2N9/c1-12-16(3-2-4-29-12)23(20-11-32-36-35-20)33-14-5-17-21(34-15-7-19(26)24(27)31-10-15)13(8-28)9-30-22(17)18(25)6-14/h2-7,9-11,23,33H,1H3,(H,30,34)(H,32,35,36)/t23-/m0/s1. The van der Waals surface area contributed by atoms with E-state index in [9.17, 15) is 14.0 Å². The number of nitrogens with zero attached hydrogens (tertiary/aromatic N) is 6. The maximum atomic E-state index is 13.8. The molecule has 36 heavy (non-hydrogen) atoms. The number of rotatable bonds is 6. The lowest BCUT2D eigenvalue weighted by Crippen LogP contribution is -2.15. The molecule has 1 aromatic carbocycles. The number of nitrogens with one attached hydrogen (secondary N) is 3. The molecule has 1 atom stereocenters. The van der Waals surface area contributed by atoms with Gasteiger partial charge in [0.25, 0.3) is 0 Å². The third kappa shape index (κ3) is 4.37. The van der Waals surface area contributed by atoms with Crippen molar-refractivity contribution in [3.8, 4) is 6.07 Å². The van der Waals surface area contributed by atoms with Gasteiger partial charge in [-0.05, 0) is 25.1 Å². The lowest BCUT2D eigenvalue weighted by molar-refractivity contribution is 0.480. The van der Waals surface area contributed by atoms with E-state index >= 15 is 0 Å². The van der Waals surface area contributed by atoms with E-state index in [4.69, 9.17) is 11.6 Å². The number of aromatic amines is 1. The predicted molar refractivity (Wildman–Crippen MR) is 130 cm³/mol. The fourth-order valence-corrected chi connectivity index (χ4v) is 4.10. The second-order valence-electron chi connectivity index (χ2n) is 7.79. The van der Waals surface area contributed by atoms with E-state index in [2.05, 4.69) is 47.1 Å². The Kier molecular flexibility index (Phi) is 6.10. The number of nitriles is 1. The van der Waals surface area contributed by atoms with Gasteiger partial charge in [0.2, 0.25) is 5.95 Å². The summed E-state index contributed by atoms with van der Waals surface area (Å²) in [7, 11) is 0. The number of aromatic nitrogens is 6. The van der Waals surface area contributed by atoms with E-state index in [0.29, 0.717) is 33.0 Å². The summed E-state index contributed by atoms with van der Waals surface area (Å²) in [5, 5.41) is 27.6. The molecule has 0 amide bonds. The Bertz CT molecular complexity index is 1620. The molecule has 0 saturated heterocycles. The highest BCUT2D eigenvalue weighted by molar-refractivity contribution is 6.36. The van der Waals surface area contributed by atoms with Crippen LogP contribution in [0.2, 0.25) is 5.02 Å². The van der Waals surface area contributed by atoms with Gasteiger partial charge >= 0.3 is 0 Å². The van der Waals surface area contributed by atoms with Crippen molar-refractivity contribution in [3.05, 3.63) is 94.4 Å². The molecule has 3 N–H and O–H groups in total. The molecule has 5 aromatic rings. The van der Waals surface area contributed by atoms with Crippen molar-refractivity contribution in [2.75, 3.05) is 10.6 Å². The lowest BCUT2D eigenvalue weighted by Gasteiger charge is -2.21. The predicted octanol–water partition coefficient (Wildman–Crippen LogP) is 5.20. The van der Waals surface area contributed by atoms with Crippen molar-refractivity contribution < 1.29 is 8.78 Å². The molecular formula is C24H16ClF2N9. The fraction of sp³-hybridized carbons (Fsp3) is 0.0833. The zero-order chi connectivity index (χ0) is 25.2. The number of H-pyrrole nitrogens is 1. The van der Waals surface area contributed by atoms with Crippen LogP contribution in [-0.4, -0.2) is 30.4 Å². The van der Waals surface area contributed by atoms with Gasteiger partial charge in [0, 0.05) is 47.0 Å². The van der Waals surface area contributed by atoms with E-state index in [1.807, 2.05) is 19.1 Å². The maximum Gasteiger partial charge on any atom is 0.249 e. The van der Waals surface area contributed by atoms with Gasteiger partial charge in [-0.25, -0.2) is 9.37 Å². The number of benzene rings is 1. The molecule has 0 unspecified atom stereocenters. The minimum atomic E-state index is -1.22. The first-order valence-electron chi connectivity index (χ1n) is 10.6. The molecule has 4 heterocycles. The van der Waals surface area contributed by atoms with Crippen molar-refractivity contribution in [2.45, 2.75) is 13.0 Å². The first-order valence-corrected chi connectivity index (χ1v) is 11.0. The Morgan fingerprint density at radius 2 is 1.97 bits per heavy atom. The molecule has 0 spiro atoms. The zero-order valence-electron chi connectivity index (χ0n) is 18.6. The van der Waals surface area contributed by atoms with Gasteiger partial charge in [-0.2, -0.15) is 9.65 Å². The van der Waals surface area contributed by atoms with Gasteiger partial charge in [-0.15, -0.1) is 5.10 Å². The van der Waals surface area contributed by atoms with E-state index in [0.717, 1.165) is 23.5 Å². The van der Waals surface area contributed by atoms with Gasteiger partial charge < -0.3 is 10.6 Å². The van der Waals surface area contributed by atoms with Crippen molar-refractivity contribution in [1.29, 1.82) is 5.26 Å². The third-order valence-electron chi connectivity index (χ3n) is 5.51. The first-order chi connectivity index (χ1) is 17.4. The lowest BCUT2D eigenvalue weighted by atomic mass is 10.0. The fourth-order valence-electron chi connectivity index (χ4n) is 3.83. The Balaban J connectivity index is 1.63. The summed E-state index contributed by atoms with van der Waals surface area (Å²) in [4.78, 5) is 12.1. The van der Waals surface area contributed by atoms with Crippen LogP contribution in [0, 0.1) is 30.0 Å². The normalized spacial score (nSPS) is 11.8. The molecule has 178 valence electrons. The maximum absolute atomic E-state index is 13.8. The summed E-state index contributed by atoms with van der Waals surface area (Å²) in [5.41, 5.74) is 3.94. The second-order valence-corrected chi connectivity index (χ2v) is 8.20. The van der Waals surface area contributed by atoms with Crippen LogP contribution in [0.3, 0.4) is 0 Å². The molecular weight excluding hydrogens is 488 g/mol. The molecule has 0 radical (unpaired) electrons.